The van der Waals surface area contributed by atoms with Crippen molar-refractivity contribution < 1.29 is 55.1 Å². The number of rotatable bonds is 16. The lowest BCUT2D eigenvalue weighted by Crippen LogP contribution is -2.33. The zero-order valence-corrected chi connectivity index (χ0v) is 39.7. The van der Waals surface area contributed by atoms with Crippen LogP contribution in [0.4, 0.5) is 60.5 Å². The fourth-order valence-corrected chi connectivity index (χ4v) is 7.39. The molecule has 366 valence electrons. The van der Waals surface area contributed by atoms with Gasteiger partial charge in [-0.2, -0.15) is 46.8 Å². The van der Waals surface area contributed by atoms with Crippen LogP contribution in [-0.4, -0.2) is 47.3 Å². The Morgan fingerprint density at radius 2 is 0.929 bits per heavy atom. The molecule has 4 amide bonds. The topological polar surface area (TPSA) is 200 Å². The van der Waals surface area contributed by atoms with Crippen molar-refractivity contribution in [2.75, 3.05) is 21.3 Å². The highest BCUT2D eigenvalue weighted by Crippen LogP contribution is 2.40. The van der Waals surface area contributed by atoms with Gasteiger partial charge in [0.15, 0.2) is 11.6 Å². The van der Waals surface area contributed by atoms with Crippen LogP contribution in [0.3, 0.4) is 0 Å². The number of benzene rings is 5. The van der Waals surface area contributed by atoms with E-state index < -0.39 is 80.8 Å². The minimum absolute atomic E-state index is 0.0562. The van der Waals surface area contributed by atoms with Gasteiger partial charge in [-0.25, -0.2) is 0 Å². The Labute approximate surface area is 414 Å². The first-order valence-corrected chi connectivity index (χ1v) is 21.9. The number of nitrogens with one attached hydrogen (secondary N) is 4. The summed E-state index contributed by atoms with van der Waals surface area (Å²) in [6.45, 7) is 5.67. The Morgan fingerprint density at radius 1 is 0.543 bits per heavy atom. The monoisotopic (exact) mass is 1050 g/mol. The van der Waals surface area contributed by atoms with E-state index in [2.05, 4.69) is 41.7 Å². The molecule has 0 aliphatic carbocycles. The van der Waals surface area contributed by atoms with Gasteiger partial charge in [0.1, 0.15) is 0 Å². The summed E-state index contributed by atoms with van der Waals surface area (Å²) in [6.07, 6.45) is -9.03. The van der Waals surface area contributed by atoms with E-state index in [1.165, 1.54) is 36.4 Å². The Bertz CT molecular complexity index is 2940. The molecule has 5 aromatic carbocycles. The van der Waals surface area contributed by atoms with E-state index in [1.807, 2.05) is 0 Å². The summed E-state index contributed by atoms with van der Waals surface area (Å²) in [5.74, 6) is -5.17. The van der Waals surface area contributed by atoms with E-state index in [9.17, 15) is 55.1 Å². The van der Waals surface area contributed by atoms with Gasteiger partial charge in [-0.05, 0) is 111 Å². The number of azo groups is 2. The molecule has 0 saturated heterocycles. The van der Waals surface area contributed by atoms with Gasteiger partial charge in [-0.1, -0.05) is 72.4 Å². The molecule has 0 radical (unpaired) electrons. The third kappa shape index (κ3) is 13.3. The standard InChI is InChI=1S/C46H36Cl4F6N8O6/c1-5-23-17-27(57-43(69)38(21(3)65)63-61-25-13-15-32(47)28(19-25)41(67)58-34-11-7-9-30(36(34)49)45(51,52)53)18-24(6-2)40(23)60-44(70)39(22(4)66)64-62-26-14-16-33(48)29(20-26)42(68)59-35-12-8-10-31(37(35)50)46(54,55)56/h7-20,38-39H,5-6H2,1-4H3,(H,57,69)(H,58,67)(H,59,68)(H,60,70). The summed E-state index contributed by atoms with van der Waals surface area (Å²) in [5, 5.41) is 23.8. The summed E-state index contributed by atoms with van der Waals surface area (Å²) in [6, 6.07) is 12.9. The SMILES string of the molecule is CCc1cc(NC(=O)C(N=Nc2ccc(Cl)c(C(=O)Nc3cccc(C(F)(F)F)c3Cl)c2)C(C)=O)cc(CC)c1NC(=O)C(N=Nc1ccc(Cl)c(C(=O)Nc2cccc(C(F)(F)F)c2Cl)c1)C(C)=O. The molecular formula is C46H36Cl4F6N8O6. The van der Waals surface area contributed by atoms with Gasteiger partial charge in [-0.15, -0.1) is 0 Å². The van der Waals surface area contributed by atoms with Crippen LogP contribution in [-0.2, 0) is 44.4 Å². The normalized spacial score (nSPS) is 12.7. The highest BCUT2D eigenvalue weighted by molar-refractivity contribution is 6.37. The van der Waals surface area contributed by atoms with Crippen molar-refractivity contribution in [3.63, 3.8) is 0 Å². The summed E-state index contributed by atoms with van der Waals surface area (Å²) in [5.41, 5.74) is -2.21. The van der Waals surface area contributed by atoms with Crippen LogP contribution >= 0.6 is 46.4 Å². The summed E-state index contributed by atoms with van der Waals surface area (Å²) < 4.78 is 80.3. The molecule has 0 fully saturated rings. The molecule has 2 unspecified atom stereocenters. The molecular weight excluding hydrogens is 1020 g/mol. The van der Waals surface area contributed by atoms with Gasteiger partial charge in [-0.3, -0.25) is 28.8 Å². The molecule has 0 heterocycles. The molecule has 4 N–H and O–H groups in total. The van der Waals surface area contributed by atoms with Crippen molar-refractivity contribution in [2.45, 2.75) is 65.0 Å². The molecule has 0 spiro atoms. The zero-order valence-electron chi connectivity index (χ0n) is 36.7. The van der Waals surface area contributed by atoms with Crippen LogP contribution in [0.1, 0.15) is 70.7 Å². The summed E-state index contributed by atoms with van der Waals surface area (Å²) >= 11 is 24.3. The number of hydrogen-bond acceptors (Lipinski definition) is 10. The van der Waals surface area contributed by atoms with E-state index >= 15 is 0 Å². The Kier molecular flexibility index (Phi) is 17.6. The number of hydrogen-bond donors (Lipinski definition) is 4. The smallest absolute Gasteiger partial charge is 0.324 e. The van der Waals surface area contributed by atoms with Crippen LogP contribution in [0.2, 0.25) is 20.1 Å². The lowest BCUT2D eigenvalue weighted by atomic mass is 10.0. The number of nitrogens with zero attached hydrogens (tertiary/aromatic N) is 4. The zero-order chi connectivity index (χ0) is 51.8. The fraction of sp³-hybridized carbons (Fsp3) is 0.217. The van der Waals surface area contributed by atoms with Gasteiger partial charge >= 0.3 is 12.4 Å². The number of alkyl halides is 6. The highest BCUT2D eigenvalue weighted by atomic mass is 35.5. The summed E-state index contributed by atoms with van der Waals surface area (Å²) in [7, 11) is 0. The highest BCUT2D eigenvalue weighted by Gasteiger charge is 2.35. The second kappa shape index (κ2) is 22.8. The second-order valence-corrected chi connectivity index (χ2v) is 16.4. The van der Waals surface area contributed by atoms with E-state index in [1.54, 1.807) is 13.8 Å². The van der Waals surface area contributed by atoms with Gasteiger partial charge in [0, 0.05) is 11.4 Å². The lowest BCUT2D eigenvalue weighted by molar-refractivity contribution is -0.138. The van der Waals surface area contributed by atoms with Crippen molar-refractivity contribution >= 4 is 116 Å². The van der Waals surface area contributed by atoms with Crippen LogP contribution in [0.25, 0.3) is 0 Å². The lowest BCUT2D eigenvalue weighted by Gasteiger charge is -2.19. The van der Waals surface area contributed by atoms with Gasteiger partial charge in [0.25, 0.3) is 23.6 Å². The molecule has 24 heteroatoms. The van der Waals surface area contributed by atoms with E-state index in [0.29, 0.717) is 11.1 Å². The molecule has 5 aromatic rings. The third-order valence-electron chi connectivity index (χ3n) is 9.92. The predicted octanol–water partition coefficient (Wildman–Crippen LogP) is 13.3. The van der Waals surface area contributed by atoms with E-state index in [-0.39, 0.29) is 68.1 Å². The minimum Gasteiger partial charge on any atom is -0.324 e. The van der Waals surface area contributed by atoms with Gasteiger partial charge in [0.05, 0.1) is 65.1 Å². The van der Waals surface area contributed by atoms with Crippen LogP contribution < -0.4 is 21.3 Å². The molecule has 5 rings (SSSR count). The maximum atomic E-state index is 13.6. The first kappa shape index (κ1) is 54.2. The Morgan fingerprint density at radius 3 is 1.29 bits per heavy atom. The quantitative estimate of drug-likeness (QED) is 0.0430. The van der Waals surface area contributed by atoms with Crippen molar-refractivity contribution in [3.8, 4) is 0 Å². The first-order chi connectivity index (χ1) is 32.8. The molecule has 0 aliphatic rings. The molecule has 14 nitrogen and oxygen atoms in total. The molecule has 0 saturated carbocycles. The van der Waals surface area contributed by atoms with Crippen molar-refractivity contribution in [2.24, 2.45) is 20.5 Å². The van der Waals surface area contributed by atoms with Crippen molar-refractivity contribution in [1.82, 2.24) is 0 Å². The average molecular weight is 1050 g/mol. The van der Waals surface area contributed by atoms with Crippen molar-refractivity contribution in [1.29, 1.82) is 0 Å². The van der Waals surface area contributed by atoms with Crippen LogP contribution in [0, 0.1) is 0 Å². The molecule has 0 aromatic heterocycles. The minimum atomic E-state index is -4.80. The number of carbonyl (C=O) groups is 6. The number of anilines is 4. The number of Topliss-reactive ketones (excluding diaryl/α,β-unsaturated/α-hetero) is 2. The van der Waals surface area contributed by atoms with E-state index in [0.717, 1.165) is 62.4 Å². The Balaban J connectivity index is 1.31. The molecule has 0 bridgehead atoms. The van der Waals surface area contributed by atoms with Crippen LogP contribution in [0.15, 0.2) is 105 Å². The molecule has 2 atom stereocenters. The van der Waals surface area contributed by atoms with E-state index in [4.69, 9.17) is 46.4 Å². The predicted molar refractivity (Wildman–Crippen MR) is 252 cm³/mol. The number of aryl methyl sites for hydroxylation is 2. The number of halogens is 10. The van der Waals surface area contributed by atoms with Gasteiger partial charge < -0.3 is 21.3 Å². The second-order valence-electron chi connectivity index (χ2n) is 14.9. The number of ketones is 2. The van der Waals surface area contributed by atoms with Crippen LogP contribution in [0.5, 0.6) is 0 Å². The average Bonchev–Trinajstić information content (AvgIpc) is 3.28. The number of carbonyl (C=O) groups excluding carboxylic acids is 6. The summed E-state index contributed by atoms with van der Waals surface area (Å²) in [4.78, 5) is 78.8. The largest absolute Gasteiger partial charge is 0.417 e. The molecule has 0 aliphatic heterocycles. The maximum absolute atomic E-state index is 13.6. The van der Waals surface area contributed by atoms with Gasteiger partial charge in [0.2, 0.25) is 12.1 Å². The van der Waals surface area contributed by atoms with Crippen molar-refractivity contribution in [3.05, 3.63) is 138 Å². The third-order valence-corrected chi connectivity index (χ3v) is 11.4. The Hall–Kier alpha value is -6.74. The maximum Gasteiger partial charge on any atom is 0.417 e. The first-order valence-electron chi connectivity index (χ1n) is 20.4. The fourth-order valence-electron chi connectivity index (χ4n) is 6.42. The number of amides is 4. The molecule has 70 heavy (non-hydrogen) atoms.